The summed E-state index contributed by atoms with van der Waals surface area (Å²) in [5, 5.41) is 0. The molecule has 0 aliphatic heterocycles. The zero-order valence-corrected chi connectivity index (χ0v) is 11.5. The van der Waals surface area contributed by atoms with Crippen LogP contribution in [0, 0.1) is 0 Å². The second-order valence-corrected chi connectivity index (χ2v) is 5.57. The first kappa shape index (κ1) is 13.2. The molecule has 1 rings (SSSR count). The average molecular weight is 286 g/mol. The van der Waals surface area contributed by atoms with E-state index in [0.717, 1.165) is 10.2 Å². The Hall–Kier alpha value is -0.900. The smallest absolute Gasteiger partial charge is 0.315 e. The van der Waals surface area contributed by atoms with Crippen molar-refractivity contribution in [2.24, 2.45) is 0 Å². The number of pyridine rings is 1. The first-order chi connectivity index (χ1) is 7.29. The number of hydrogen-bond donors (Lipinski definition) is 0. The van der Waals surface area contributed by atoms with Crippen molar-refractivity contribution in [1.29, 1.82) is 0 Å². The summed E-state index contributed by atoms with van der Waals surface area (Å²) in [6.45, 7) is 7.36. The van der Waals surface area contributed by atoms with Gasteiger partial charge in [-0.2, -0.15) is 0 Å². The number of aromatic nitrogens is 1. The van der Waals surface area contributed by atoms with Crippen molar-refractivity contribution in [2.75, 3.05) is 0 Å². The molecule has 0 aliphatic carbocycles. The van der Waals surface area contributed by atoms with E-state index in [0.29, 0.717) is 0 Å². The predicted molar refractivity (Wildman–Crippen MR) is 66.2 cm³/mol. The van der Waals surface area contributed by atoms with Gasteiger partial charge in [-0.15, -0.1) is 0 Å². The molecule has 16 heavy (non-hydrogen) atoms. The molecule has 0 aliphatic rings. The molecule has 0 saturated heterocycles. The Morgan fingerprint density at radius 1 is 1.44 bits per heavy atom. The standard InChI is InChI=1S/C12H16BrNO2/c1-8(11(15)16-12(2,3)4)10-6-5-9(13)7-14-10/h5-8H,1-4H3/t8-/m1/s1. The molecular formula is C12H16BrNO2. The molecule has 1 atom stereocenters. The highest BCUT2D eigenvalue weighted by molar-refractivity contribution is 9.10. The third-order valence-electron chi connectivity index (χ3n) is 1.95. The molecule has 0 N–H and O–H groups in total. The van der Waals surface area contributed by atoms with Gasteiger partial charge in [0.2, 0.25) is 0 Å². The highest BCUT2D eigenvalue weighted by Gasteiger charge is 2.23. The maximum Gasteiger partial charge on any atom is 0.315 e. The molecule has 0 spiro atoms. The van der Waals surface area contributed by atoms with Crippen molar-refractivity contribution < 1.29 is 9.53 Å². The molecule has 1 heterocycles. The number of hydrogen-bond acceptors (Lipinski definition) is 3. The van der Waals surface area contributed by atoms with Crippen LogP contribution in [-0.4, -0.2) is 16.6 Å². The van der Waals surface area contributed by atoms with E-state index in [1.165, 1.54) is 0 Å². The Balaban J connectivity index is 2.74. The number of esters is 1. The lowest BCUT2D eigenvalue weighted by atomic mass is 10.1. The van der Waals surface area contributed by atoms with Gasteiger partial charge in [0, 0.05) is 10.7 Å². The molecule has 0 bridgehead atoms. The SMILES string of the molecule is C[C@@H](C(=O)OC(C)(C)C)c1ccc(Br)cn1. The van der Waals surface area contributed by atoms with Crippen molar-refractivity contribution in [3.05, 3.63) is 28.5 Å². The molecule has 0 radical (unpaired) electrons. The minimum absolute atomic E-state index is 0.248. The third-order valence-corrected chi connectivity index (χ3v) is 2.42. The van der Waals surface area contributed by atoms with E-state index in [-0.39, 0.29) is 11.9 Å². The predicted octanol–water partition coefficient (Wildman–Crippen LogP) is 3.29. The number of rotatable bonds is 2. The van der Waals surface area contributed by atoms with Crippen molar-refractivity contribution >= 4 is 21.9 Å². The van der Waals surface area contributed by atoms with Crippen LogP contribution in [-0.2, 0) is 9.53 Å². The van der Waals surface area contributed by atoms with Crippen LogP contribution >= 0.6 is 15.9 Å². The summed E-state index contributed by atoms with van der Waals surface area (Å²) in [5.41, 5.74) is 0.262. The van der Waals surface area contributed by atoms with Crippen LogP contribution in [0.5, 0.6) is 0 Å². The Morgan fingerprint density at radius 2 is 2.06 bits per heavy atom. The van der Waals surface area contributed by atoms with Gasteiger partial charge in [-0.05, 0) is 55.8 Å². The van der Waals surface area contributed by atoms with Gasteiger partial charge in [-0.3, -0.25) is 9.78 Å². The lowest BCUT2D eigenvalue weighted by Crippen LogP contribution is -2.27. The van der Waals surface area contributed by atoms with Crippen molar-refractivity contribution in [3.63, 3.8) is 0 Å². The van der Waals surface area contributed by atoms with E-state index >= 15 is 0 Å². The first-order valence-corrected chi connectivity index (χ1v) is 5.93. The summed E-state index contributed by atoms with van der Waals surface area (Å²) in [4.78, 5) is 16.0. The minimum atomic E-state index is -0.458. The summed E-state index contributed by atoms with van der Waals surface area (Å²) >= 11 is 3.30. The molecule has 1 aromatic heterocycles. The van der Waals surface area contributed by atoms with E-state index in [1.807, 2.05) is 32.9 Å². The van der Waals surface area contributed by atoms with Gasteiger partial charge in [-0.25, -0.2) is 0 Å². The van der Waals surface area contributed by atoms with Crippen molar-refractivity contribution in [1.82, 2.24) is 4.98 Å². The van der Waals surface area contributed by atoms with Crippen LogP contribution in [0.3, 0.4) is 0 Å². The van der Waals surface area contributed by atoms with E-state index in [9.17, 15) is 4.79 Å². The second kappa shape index (κ2) is 4.95. The normalized spacial score (nSPS) is 13.3. The number of halogens is 1. The maximum absolute atomic E-state index is 11.8. The van der Waals surface area contributed by atoms with Crippen LogP contribution in [0.1, 0.15) is 39.3 Å². The number of carbonyl (C=O) groups excluding carboxylic acids is 1. The van der Waals surface area contributed by atoms with Gasteiger partial charge in [0.15, 0.2) is 0 Å². The number of nitrogens with zero attached hydrogens (tertiary/aromatic N) is 1. The van der Waals surface area contributed by atoms with Crippen LogP contribution in [0.2, 0.25) is 0 Å². The quantitative estimate of drug-likeness (QED) is 0.783. The summed E-state index contributed by atoms with van der Waals surface area (Å²) in [6.07, 6.45) is 1.68. The average Bonchev–Trinajstić information content (AvgIpc) is 2.15. The summed E-state index contributed by atoms with van der Waals surface area (Å²) < 4.78 is 6.19. The highest BCUT2D eigenvalue weighted by Crippen LogP contribution is 2.19. The largest absolute Gasteiger partial charge is 0.459 e. The second-order valence-electron chi connectivity index (χ2n) is 4.66. The Morgan fingerprint density at radius 3 is 2.50 bits per heavy atom. The highest BCUT2D eigenvalue weighted by atomic mass is 79.9. The van der Waals surface area contributed by atoms with Gasteiger partial charge in [0.1, 0.15) is 5.60 Å². The molecule has 4 heteroatoms. The molecular weight excluding hydrogens is 270 g/mol. The fourth-order valence-electron chi connectivity index (χ4n) is 1.15. The van der Waals surface area contributed by atoms with Crippen LogP contribution in [0.15, 0.2) is 22.8 Å². The number of ether oxygens (including phenoxy) is 1. The van der Waals surface area contributed by atoms with Gasteiger partial charge in [0.05, 0.1) is 11.6 Å². The molecule has 3 nitrogen and oxygen atoms in total. The topological polar surface area (TPSA) is 39.2 Å². The fraction of sp³-hybridized carbons (Fsp3) is 0.500. The van der Waals surface area contributed by atoms with Crippen LogP contribution in [0.4, 0.5) is 0 Å². The summed E-state index contributed by atoms with van der Waals surface area (Å²) in [5.74, 6) is -0.588. The molecule has 0 amide bonds. The zero-order valence-electron chi connectivity index (χ0n) is 9.95. The molecule has 0 aromatic carbocycles. The van der Waals surface area contributed by atoms with Crippen LogP contribution in [0.25, 0.3) is 0 Å². The fourth-order valence-corrected chi connectivity index (χ4v) is 1.39. The Kier molecular flexibility index (Phi) is 4.08. The monoisotopic (exact) mass is 285 g/mol. The van der Waals surface area contributed by atoms with E-state index < -0.39 is 5.60 Å². The molecule has 0 unspecified atom stereocenters. The lowest BCUT2D eigenvalue weighted by molar-refractivity contribution is -0.156. The minimum Gasteiger partial charge on any atom is -0.459 e. The molecule has 0 saturated carbocycles. The van der Waals surface area contributed by atoms with E-state index in [1.54, 1.807) is 13.1 Å². The number of carbonyl (C=O) groups is 1. The van der Waals surface area contributed by atoms with Gasteiger partial charge in [0.25, 0.3) is 0 Å². The zero-order chi connectivity index (χ0) is 12.3. The van der Waals surface area contributed by atoms with E-state index in [2.05, 4.69) is 20.9 Å². The van der Waals surface area contributed by atoms with E-state index in [4.69, 9.17) is 4.74 Å². The lowest BCUT2D eigenvalue weighted by Gasteiger charge is -2.22. The van der Waals surface area contributed by atoms with Crippen molar-refractivity contribution in [3.8, 4) is 0 Å². The maximum atomic E-state index is 11.8. The van der Waals surface area contributed by atoms with Gasteiger partial charge in [-0.1, -0.05) is 0 Å². The summed E-state index contributed by atoms with van der Waals surface area (Å²) in [7, 11) is 0. The Labute approximate surface area is 104 Å². The molecule has 0 fully saturated rings. The summed E-state index contributed by atoms with van der Waals surface area (Å²) in [6, 6.07) is 3.68. The third kappa shape index (κ3) is 3.93. The van der Waals surface area contributed by atoms with Gasteiger partial charge < -0.3 is 4.74 Å². The Bertz CT molecular complexity index is 368. The molecule has 88 valence electrons. The van der Waals surface area contributed by atoms with Crippen molar-refractivity contribution in [2.45, 2.75) is 39.2 Å². The molecule has 1 aromatic rings. The first-order valence-electron chi connectivity index (χ1n) is 5.14. The van der Waals surface area contributed by atoms with Crippen LogP contribution < -0.4 is 0 Å². The van der Waals surface area contributed by atoms with Gasteiger partial charge >= 0.3 is 5.97 Å².